The van der Waals surface area contributed by atoms with E-state index in [9.17, 15) is 14.7 Å². The lowest BCUT2D eigenvalue weighted by Gasteiger charge is -2.12. The molecule has 4 rings (SSSR count). The summed E-state index contributed by atoms with van der Waals surface area (Å²) >= 11 is 0. The highest BCUT2D eigenvalue weighted by atomic mass is 16.5. The van der Waals surface area contributed by atoms with E-state index in [-0.39, 0.29) is 11.3 Å². The zero-order valence-electron chi connectivity index (χ0n) is 16.6. The monoisotopic (exact) mass is 413 g/mol. The Bertz CT molecular complexity index is 1270. The van der Waals surface area contributed by atoms with E-state index in [1.165, 1.54) is 12.1 Å². The highest BCUT2D eigenvalue weighted by Crippen LogP contribution is 2.26. The maximum atomic E-state index is 12.9. The Morgan fingerprint density at radius 2 is 1.48 bits per heavy atom. The number of ether oxygens (including phenoxy) is 1. The first-order valence-corrected chi connectivity index (χ1v) is 9.49. The van der Waals surface area contributed by atoms with Gasteiger partial charge in [0.15, 0.2) is 0 Å². The molecule has 0 saturated heterocycles. The summed E-state index contributed by atoms with van der Waals surface area (Å²) in [6.45, 7) is 0. The van der Waals surface area contributed by atoms with Crippen molar-refractivity contribution in [2.45, 2.75) is 0 Å². The Kier molecular flexibility index (Phi) is 5.49. The second kappa shape index (κ2) is 8.54. The number of benzene rings is 3. The van der Waals surface area contributed by atoms with Crippen LogP contribution in [0.4, 0.5) is 0 Å². The molecule has 0 atom stereocenters. The topological polar surface area (TPSA) is 101 Å². The number of carbonyl (C=O) groups is 2. The molecule has 3 aromatic carbocycles. The minimum absolute atomic E-state index is 0.0568. The molecule has 0 radical (unpaired) electrons. The van der Waals surface area contributed by atoms with Crippen LogP contribution in [-0.2, 0) is 0 Å². The van der Waals surface area contributed by atoms with Crippen molar-refractivity contribution in [1.82, 2.24) is 15.8 Å². The smallest absolute Gasteiger partial charge is 0.273 e. The van der Waals surface area contributed by atoms with E-state index in [0.717, 1.165) is 11.3 Å². The van der Waals surface area contributed by atoms with Gasteiger partial charge in [-0.15, -0.1) is 0 Å². The fourth-order valence-corrected chi connectivity index (χ4v) is 3.19. The molecule has 0 aliphatic rings. The maximum absolute atomic E-state index is 12.9. The molecule has 0 fully saturated rings. The summed E-state index contributed by atoms with van der Waals surface area (Å²) in [5.74, 6) is -0.586. The number of nitrogens with zero attached hydrogens (tertiary/aromatic N) is 1. The van der Waals surface area contributed by atoms with Gasteiger partial charge in [-0.05, 0) is 48.5 Å². The zero-order chi connectivity index (χ0) is 21.8. The third kappa shape index (κ3) is 4.16. The van der Waals surface area contributed by atoms with Crippen molar-refractivity contribution in [3.8, 4) is 22.8 Å². The predicted molar refractivity (Wildman–Crippen MR) is 117 cm³/mol. The predicted octanol–water partition coefficient (Wildman–Crippen LogP) is 3.69. The van der Waals surface area contributed by atoms with Gasteiger partial charge in [-0.25, -0.2) is 4.98 Å². The quantitative estimate of drug-likeness (QED) is 0.443. The number of phenols is 1. The van der Waals surface area contributed by atoms with Gasteiger partial charge in [-0.1, -0.05) is 30.3 Å². The fraction of sp³-hybridized carbons (Fsp3) is 0.0417. The summed E-state index contributed by atoms with van der Waals surface area (Å²) in [6.07, 6.45) is 0. The van der Waals surface area contributed by atoms with Gasteiger partial charge in [-0.3, -0.25) is 20.4 Å². The molecule has 0 unspecified atom stereocenters. The van der Waals surface area contributed by atoms with Crippen LogP contribution in [0.5, 0.6) is 11.5 Å². The molecule has 7 heteroatoms. The number of aromatic hydroxyl groups is 1. The highest BCUT2D eigenvalue weighted by Gasteiger charge is 2.16. The molecular formula is C24H19N3O4. The molecule has 1 aromatic heterocycles. The van der Waals surface area contributed by atoms with E-state index in [1.807, 2.05) is 42.5 Å². The van der Waals surface area contributed by atoms with Crippen LogP contribution < -0.4 is 15.6 Å². The second-order valence-corrected chi connectivity index (χ2v) is 6.73. The van der Waals surface area contributed by atoms with Gasteiger partial charge in [0.2, 0.25) is 0 Å². The fourth-order valence-electron chi connectivity index (χ4n) is 3.19. The Morgan fingerprint density at radius 3 is 2.19 bits per heavy atom. The van der Waals surface area contributed by atoms with Gasteiger partial charge in [-0.2, -0.15) is 0 Å². The third-order valence-corrected chi connectivity index (χ3v) is 4.78. The molecule has 0 spiro atoms. The number of phenolic OH excluding ortho intramolecular Hbond substituents is 1. The molecule has 1 heterocycles. The van der Waals surface area contributed by atoms with Crippen LogP contribution in [-0.4, -0.2) is 29.0 Å². The van der Waals surface area contributed by atoms with E-state index in [4.69, 9.17) is 4.74 Å². The number of methoxy groups -OCH3 is 1. The van der Waals surface area contributed by atoms with Gasteiger partial charge in [0, 0.05) is 10.9 Å². The zero-order valence-corrected chi connectivity index (χ0v) is 16.6. The van der Waals surface area contributed by atoms with Gasteiger partial charge in [0.1, 0.15) is 11.5 Å². The second-order valence-electron chi connectivity index (χ2n) is 6.73. The van der Waals surface area contributed by atoms with Crippen molar-refractivity contribution in [1.29, 1.82) is 0 Å². The van der Waals surface area contributed by atoms with Crippen LogP contribution in [0.15, 0.2) is 78.9 Å². The first-order chi connectivity index (χ1) is 15.1. The highest BCUT2D eigenvalue weighted by molar-refractivity contribution is 6.08. The Hall–Kier alpha value is -4.39. The third-order valence-electron chi connectivity index (χ3n) is 4.78. The van der Waals surface area contributed by atoms with Crippen molar-refractivity contribution in [2.75, 3.05) is 7.11 Å². The largest absolute Gasteiger partial charge is 0.507 e. The first-order valence-electron chi connectivity index (χ1n) is 9.49. The number of fused-ring (bicyclic) bond motifs is 1. The number of pyridine rings is 1. The minimum atomic E-state index is -0.625. The summed E-state index contributed by atoms with van der Waals surface area (Å²) < 4.78 is 5.19. The minimum Gasteiger partial charge on any atom is -0.507 e. The van der Waals surface area contributed by atoms with Gasteiger partial charge >= 0.3 is 0 Å². The van der Waals surface area contributed by atoms with Crippen LogP contribution >= 0.6 is 0 Å². The molecule has 4 aromatic rings. The van der Waals surface area contributed by atoms with Crippen LogP contribution in [0, 0.1) is 0 Å². The number of para-hydroxylation sites is 2. The lowest BCUT2D eigenvalue weighted by atomic mass is 10.0. The Balaban J connectivity index is 1.64. The first kappa shape index (κ1) is 19.9. The van der Waals surface area contributed by atoms with Crippen molar-refractivity contribution in [3.05, 3.63) is 90.0 Å². The number of hydrogen-bond acceptors (Lipinski definition) is 5. The van der Waals surface area contributed by atoms with Crippen LogP contribution in [0.3, 0.4) is 0 Å². The average molecular weight is 413 g/mol. The average Bonchev–Trinajstić information content (AvgIpc) is 2.82. The van der Waals surface area contributed by atoms with Crippen molar-refractivity contribution in [2.24, 2.45) is 0 Å². The Labute approximate surface area is 178 Å². The summed E-state index contributed by atoms with van der Waals surface area (Å²) in [5, 5.41) is 10.5. The molecule has 0 saturated carbocycles. The number of aromatic nitrogens is 1. The molecule has 0 bridgehead atoms. The number of rotatable bonds is 4. The number of carbonyl (C=O) groups excluding carboxylic acids is 2. The molecule has 0 aliphatic heterocycles. The van der Waals surface area contributed by atoms with E-state index < -0.39 is 11.8 Å². The van der Waals surface area contributed by atoms with Crippen molar-refractivity contribution >= 4 is 22.7 Å². The van der Waals surface area contributed by atoms with E-state index in [1.54, 1.807) is 31.4 Å². The summed E-state index contributed by atoms with van der Waals surface area (Å²) in [5.41, 5.74) is 7.24. The molecule has 0 aliphatic carbocycles. The number of amides is 2. The van der Waals surface area contributed by atoms with Crippen LogP contribution in [0.1, 0.15) is 20.7 Å². The summed E-state index contributed by atoms with van der Waals surface area (Å²) in [7, 11) is 1.59. The molecule has 7 nitrogen and oxygen atoms in total. The molecule has 2 amide bonds. The number of hydrogen-bond donors (Lipinski definition) is 3. The summed E-state index contributed by atoms with van der Waals surface area (Å²) in [6, 6.07) is 22.4. The summed E-state index contributed by atoms with van der Waals surface area (Å²) in [4.78, 5) is 29.9. The molecule has 154 valence electrons. The lowest BCUT2D eigenvalue weighted by Crippen LogP contribution is -2.41. The van der Waals surface area contributed by atoms with Crippen LogP contribution in [0.25, 0.3) is 22.2 Å². The Morgan fingerprint density at radius 1 is 0.839 bits per heavy atom. The van der Waals surface area contributed by atoms with Gasteiger partial charge in [0.05, 0.1) is 29.4 Å². The van der Waals surface area contributed by atoms with Gasteiger partial charge in [0.25, 0.3) is 11.8 Å². The number of nitrogens with one attached hydrogen (secondary N) is 2. The molecule has 31 heavy (non-hydrogen) atoms. The SMILES string of the molecule is COc1ccc(-c2cc(C(=O)NNC(=O)c3ccccc3O)c3ccccc3n2)cc1. The van der Waals surface area contributed by atoms with E-state index >= 15 is 0 Å². The lowest BCUT2D eigenvalue weighted by molar-refractivity contribution is 0.0846. The van der Waals surface area contributed by atoms with E-state index in [0.29, 0.717) is 22.2 Å². The van der Waals surface area contributed by atoms with Crippen molar-refractivity contribution in [3.63, 3.8) is 0 Å². The number of hydrazine groups is 1. The normalized spacial score (nSPS) is 10.5. The standard InChI is InChI=1S/C24H19N3O4/c1-31-16-12-10-15(11-13-16)21-14-19(17-6-2-4-8-20(17)25-21)24(30)27-26-23(29)18-7-3-5-9-22(18)28/h2-14,28H,1H3,(H,26,29)(H,27,30). The van der Waals surface area contributed by atoms with Crippen molar-refractivity contribution < 1.29 is 19.4 Å². The van der Waals surface area contributed by atoms with Gasteiger partial charge < -0.3 is 9.84 Å². The van der Waals surface area contributed by atoms with E-state index in [2.05, 4.69) is 15.8 Å². The molecular weight excluding hydrogens is 394 g/mol. The van der Waals surface area contributed by atoms with Crippen LogP contribution in [0.2, 0.25) is 0 Å². The molecule has 3 N–H and O–H groups in total. The maximum Gasteiger partial charge on any atom is 0.273 e.